The van der Waals surface area contributed by atoms with Crippen LogP contribution in [-0.2, 0) is 4.74 Å². The van der Waals surface area contributed by atoms with Crippen molar-refractivity contribution >= 4 is 6.09 Å². The van der Waals surface area contributed by atoms with Crippen LogP contribution in [0, 0.1) is 0 Å². The molecule has 1 aliphatic heterocycles. The first-order valence-electron chi connectivity index (χ1n) is 14.6. The Morgan fingerprint density at radius 3 is 1.81 bits per heavy atom. The summed E-state index contributed by atoms with van der Waals surface area (Å²) in [6.45, 7) is 3.03. The first kappa shape index (κ1) is 25.3. The van der Waals surface area contributed by atoms with Crippen molar-refractivity contribution in [2.24, 2.45) is 0 Å². The van der Waals surface area contributed by atoms with Gasteiger partial charge in [-0.05, 0) is 73.1 Å². The number of carbonyl (C=O) groups excluding carboxylic acids is 1. The predicted molar refractivity (Wildman–Crippen MR) is 147 cm³/mol. The fourth-order valence-electron chi connectivity index (χ4n) is 6.95. The fraction of sp³-hybridized carbons (Fsp3) is 0.594. The lowest BCUT2D eigenvalue weighted by atomic mass is 9.79. The van der Waals surface area contributed by atoms with E-state index in [-0.39, 0.29) is 24.1 Å². The van der Waals surface area contributed by atoms with Crippen LogP contribution in [0.2, 0.25) is 0 Å². The number of rotatable bonds is 7. The number of ether oxygens (including phenoxy) is 1. The normalized spacial score (nSPS) is 23.6. The van der Waals surface area contributed by atoms with Crippen molar-refractivity contribution in [3.05, 3.63) is 70.8 Å². The summed E-state index contributed by atoms with van der Waals surface area (Å²) in [5.74, 6) is 1.72. The molecule has 36 heavy (non-hydrogen) atoms. The first-order chi connectivity index (χ1) is 17.7. The van der Waals surface area contributed by atoms with E-state index >= 15 is 0 Å². The molecule has 2 aliphatic carbocycles. The maximum atomic E-state index is 12.0. The van der Waals surface area contributed by atoms with E-state index in [1.54, 1.807) is 0 Å². The van der Waals surface area contributed by atoms with E-state index in [1.165, 1.54) is 86.5 Å². The Balaban J connectivity index is 1.36. The number of alkyl carbamates (subject to hydrolysis) is 1. The van der Waals surface area contributed by atoms with Gasteiger partial charge in [0, 0.05) is 24.5 Å². The van der Waals surface area contributed by atoms with Gasteiger partial charge in [0.2, 0.25) is 0 Å². The maximum absolute atomic E-state index is 12.0. The van der Waals surface area contributed by atoms with Crippen LogP contribution < -0.4 is 10.6 Å². The zero-order chi connectivity index (χ0) is 24.7. The Kier molecular flexibility index (Phi) is 8.63. The second kappa shape index (κ2) is 12.3. The number of hydrogen-bond donors (Lipinski definition) is 2. The second-order valence-corrected chi connectivity index (χ2v) is 11.3. The van der Waals surface area contributed by atoms with Crippen LogP contribution in [0.1, 0.15) is 118 Å². The van der Waals surface area contributed by atoms with Crippen LogP contribution in [0.25, 0.3) is 0 Å². The van der Waals surface area contributed by atoms with Gasteiger partial charge in [0.05, 0.1) is 6.61 Å². The third-order valence-electron chi connectivity index (χ3n) is 8.91. The smallest absolute Gasteiger partial charge is 0.407 e. The number of hydrogen-bond acceptors (Lipinski definition) is 3. The largest absolute Gasteiger partial charge is 0.450 e. The molecule has 2 aromatic rings. The summed E-state index contributed by atoms with van der Waals surface area (Å²) in [6, 6.07) is 19.4. The molecule has 2 N–H and O–H groups in total. The van der Waals surface area contributed by atoms with E-state index in [4.69, 9.17) is 4.74 Å². The molecular formula is C32H44N2O2. The highest BCUT2D eigenvalue weighted by atomic mass is 16.5. The van der Waals surface area contributed by atoms with Crippen LogP contribution in [0.15, 0.2) is 48.5 Å². The lowest BCUT2D eigenvalue weighted by Crippen LogP contribution is -2.36. The summed E-state index contributed by atoms with van der Waals surface area (Å²) in [5.41, 5.74) is 5.75. The SMILES string of the molecule is CCOC(=O)N[C@H]1CNC(C(c2ccc(C3CCCCC3)cc2)c2ccc(C3CCCCC3)cc2)C1. The zero-order valence-electron chi connectivity index (χ0n) is 22.0. The lowest BCUT2D eigenvalue weighted by molar-refractivity contribution is 0.148. The van der Waals surface area contributed by atoms with Gasteiger partial charge in [0.1, 0.15) is 0 Å². The molecule has 0 spiro atoms. The Labute approximate surface area is 217 Å². The molecule has 4 nitrogen and oxygen atoms in total. The van der Waals surface area contributed by atoms with Gasteiger partial charge in [-0.15, -0.1) is 0 Å². The summed E-state index contributed by atoms with van der Waals surface area (Å²) in [4.78, 5) is 12.0. The minimum Gasteiger partial charge on any atom is -0.450 e. The zero-order valence-corrected chi connectivity index (χ0v) is 22.0. The van der Waals surface area contributed by atoms with Crippen LogP contribution >= 0.6 is 0 Å². The molecule has 1 amide bonds. The van der Waals surface area contributed by atoms with Gasteiger partial charge >= 0.3 is 6.09 Å². The molecule has 0 aromatic heterocycles. The van der Waals surface area contributed by atoms with E-state index in [0.717, 1.165) is 24.8 Å². The summed E-state index contributed by atoms with van der Waals surface area (Å²) >= 11 is 0. The van der Waals surface area contributed by atoms with Gasteiger partial charge < -0.3 is 15.4 Å². The maximum Gasteiger partial charge on any atom is 0.407 e. The third-order valence-corrected chi connectivity index (χ3v) is 8.91. The molecule has 1 heterocycles. The lowest BCUT2D eigenvalue weighted by Gasteiger charge is -2.28. The van der Waals surface area contributed by atoms with Gasteiger partial charge in [0.25, 0.3) is 0 Å². The number of amides is 1. The number of benzene rings is 2. The molecule has 0 bridgehead atoms. The molecule has 2 atom stereocenters. The van der Waals surface area contributed by atoms with Gasteiger partial charge in [-0.2, -0.15) is 0 Å². The van der Waals surface area contributed by atoms with E-state index in [9.17, 15) is 4.79 Å². The average Bonchev–Trinajstić information content (AvgIpc) is 3.38. The van der Waals surface area contributed by atoms with Crippen molar-refractivity contribution in [3.63, 3.8) is 0 Å². The van der Waals surface area contributed by atoms with Crippen molar-refractivity contribution in [1.29, 1.82) is 0 Å². The van der Waals surface area contributed by atoms with Crippen molar-refractivity contribution in [2.75, 3.05) is 13.2 Å². The Hall–Kier alpha value is -2.33. The quantitative estimate of drug-likeness (QED) is 0.427. The summed E-state index contributed by atoms with van der Waals surface area (Å²) in [5, 5.41) is 6.79. The highest BCUT2D eigenvalue weighted by Crippen LogP contribution is 2.38. The van der Waals surface area contributed by atoms with Crippen LogP contribution in [0.4, 0.5) is 4.79 Å². The molecule has 5 rings (SSSR count). The average molecular weight is 489 g/mol. The van der Waals surface area contributed by atoms with Gasteiger partial charge in [-0.1, -0.05) is 87.1 Å². The standard InChI is InChI=1S/C32H44N2O2/c1-2-36-32(35)34-29-21-30(33-22-29)31(27-17-13-25(14-18-27)23-9-5-3-6-10-23)28-19-15-26(16-20-28)24-11-7-4-8-12-24/h13-20,23-24,29-31,33H,2-12,21-22H2,1H3,(H,34,35)/t29-,30?/m1/s1. The summed E-state index contributed by atoms with van der Waals surface area (Å²) in [7, 11) is 0. The number of carbonyl (C=O) groups is 1. The van der Waals surface area contributed by atoms with Crippen LogP contribution in [-0.4, -0.2) is 31.3 Å². The fourth-order valence-corrected chi connectivity index (χ4v) is 6.95. The van der Waals surface area contributed by atoms with Gasteiger partial charge in [-0.3, -0.25) is 0 Å². The van der Waals surface area contributed by atoms with Crippen molar-refractivity contribution < 1.29 is 9.53 Å². The summed E-state index contributed by atoms with van der Waals surface area (Å²) in [6.07, 6.45) is 14.2. The van der Waals surface area contributed by atoms with E-state index in [0.29, 0.717) is 6.61 Å². The van der Waals surface area contributed by atoms with Gasteiger partial charge in [0.15, 0.2) is 0 Å². The van der Waals surface area contributed by atoms with Gasteiger partial charge in [-0.25, -0.2) is 4.79 Å². The van der Waals surface area contributed by atoms with Crippen molar-refractivity contribution in [2.45, 2.75) is 107 Å². The molecule has 3 fully saturated rings. The number of nitrogens with one attached hydrogen (secondary N) is 2. The predicted octanol–water partition coefficient (Wildman–Crippen LogP) is 7.39. The van der Waals surface area contributed by atoms with E-state index in [2.05, 4.69) is 59.2 Å². The molecule has 4 heteroatoms. The second-order valence-electron chi connectivity index (χ2n) is 11.3. The molecule has 1 unspecified atom stereocenters. The molecule has 2 aromatic carbocycles. The van der Waals surface area contributed by atoms with E-state index in [1.807, 2.05) is 6.92 Å². The highest BCUT2D eigenvalue weighted by Gasteiger charge is 2.33. The molecular weight excluding hydrogens is 444 g/mol. The van der Waals surface area contributed by atoms with Crippen LogP contribution in [0.5, 0.6) is 0 Å². The first-order valence-corrected chi connectivity index (χ1v) is 14.6. The van der Waals surface area contributed by atoms with Crippen molar-refractivity contribution in [1.82, 2.24) is 10.6 Å². The summed E-state index contributed by atoms with van der Waals surface area (Å²) < 4.78 is 5.13. The van der Waals surface area contributed by atoms with E-state index < -0.39 is 0 Å². The third kappa shape index (κ3) is 6.14. The minimum absolute atomic E-state index is 0.0968. The monoisotopic (exact) mass is 488 g/mol. The Morgan fingerprint density at radius 1 is 0.833 bits per heavy atom. The Morgan fingerprint density at radius 2 is 1.33 bits per heavy atom. The van der Waals surface area contributed by atoms with Crippen molar-refractivity contribution in [3.8, 4) is 0 Å². The van der Waals surface area contributed by atoms with Crippen LogP contribution in [0.3, 0.4) is 0 Å². The molecule has 194 valence electrons. The highest BCUT2D eigenvalue weighted by molar-refractivity contribution is 5.67. The molecule has 1 saturated heterocycles. The molecule has 2 saturated carbocycles. The molecule has 0 radical (unpaired) electrons. The topological polar surface area (TPSA) is 50.4 Å². The minimum atomic E-state index is -0.310. The Bertz CT molecular complexity index is 897. The molecule has 3 aliphatic rings.